The van der Waals surface area contributed by atoms with Gasteiger partial charge < -0.3 is 10.6 Å². The number of nitrogens with zero attached hydrogens (tertiary/aromatic N) is 1. The Kier molecular flexibility index (Phi) is 4.43. The summed E-state index contributed by atoms with van der Waals surface area (Å²) < 4.78 is 26.3. The third-order valence-corrected chi connectivity index (χ3v) is 3.21. The largest absolute Gasteiger partial charge is 0.398 e. The molecule has 0 radical (unpaired) electrons. The normalized spacial score (nSPS) is 10.5. The zero-order chi connectivity index (χ0) is 15.6. The van der Waals surface area contributed by atoms with E-state index in [2.05, 4.69) is 0 Å². The molecule has 2 aromatic rings. The molecule has 0 aromatic heterocycles. The van der Waals surface area contributed by atoms with Crippen LogP contribution in [0.25, 0.3) is 0 Å². The molecule has 0 heterocycles. The lowest BCUT2D eigenvalue weighted by Crippen LogP contribution is -2.27. The van der Waals surface area contributed by atoms with Crippen LogP contribution in [0.15, 0.2) is 36.4 Å². The fourth-order valence-electron chi connectivity index (χ4n) is 1.93. The van der Waals surface area contributed by atoms with Crippen molar-refractivity contribution in [2.75, 3.05) is 12.8 Å². The molecule has 3 nitrogen and oxygen atoms in total. The van der Waals surface area contributed by atoms with E-state index in [4.69, 9.17) is 17.3 Å². The van der Waals surface area contributed by atoms with Gasteiger partial charge in [-0.1, -0.05) is 23.7 Å². The van der Waals surface area contributed by atoms with Crippen molar-refractivity contribution in [1.29, 1.82) is 0 Å². The predicted octanol–water partition coefficient (Wildman–Crippen LogP) is 3.47. The molecule has 0 unspecified atom stereocenters. The summed E-state index contributed by atoms with van der Waals surface area (Å²) in [6.45, 7) is 0.276. The van der Waals surface area contributed by atoms with Crippen molar-refractivity contribution in [2.24, 2.45) is 0 Å². The molecule has 2 aromatic carbocycles. The van der Waals surface area contributed by atoms with Gasteiger partial charge in [0.05, 0.1) is 5.56 Å². The van der Waals surface area contributed by atoms with Gasteiger partial charge in [-0.3, -0.25) is 4.79 Å². The summed E-state index contributed by atoms with van der Waals surface area (Å²) in [5, 5.41) is 0.556. The number of nitrogens with two attached hydrogens (primary N) is 1. The highest BCUT2D eigenvalue weighted by molar-refractivity contribution is 6.30. The number of hydrogen-bond acceptors (Lipinski definition) is 2. The maximum atomic E-state index is 13.2. The number of rotatable bonds is 3. The summed E-state index contributed by atoms with van der Waals surface area (Å²) in [6.07, 6.45) is 0. The standard InChI is InChI=1S/C15H13ClF2N2O/c1-20(8-9-3-2-4-10(16)5-9)15(21)11-6-12(17)13(18)7-14(11)19/h2-7H,8,19H2,1H3. The van der Waals surface area contributed by atoms with Gasteiger partial charge >= 0.3 is 0 Å². The van der Waals surface area contributed by atoms with Crippen LogP contribution in [-0.2, 0) is 6.54 Å². The molecule has 0 saturated carbocycles. The van der Waals surface area contributed by atoms with E-state index >= 15 is 0 Å². The number of benzene rings is 2. The SMILES string of the molecule is CN(Cc1cccc(Cl)c1)C(=O)c1cc(F)c(F)cc1N. The van der Waals surface area contributed by atoms with Gasteiger partial charge in [-0.15, -0.1) is 0 Å². The molecule has 6 heteroatoms. The summed E-state index contributed by atoms with van der Waals surface area (Å²) in [4.78, 5) is 13.6. The first-order valence-corrected chi connectivity index (χ1v) is 6.50. The van der Waals surface area contributed by atoms with E-state index in [9.17, 15) is 13.6 Å². The Morgan fingerprint density at radius 2 is 1.90 bits per heavy atom. The third kappa shape index (κ3) is 3.49. The molecular formula is C15H13ClF2N2O. The highest BCUT2D eigenvalue weighted by atomic mass is 35.5. The number of anilines is 1. The van der Waals surface area contributed by atoms with Crippen molar-refractivity contribution in [3.8, 4) is 0 Å². The van der Waals surface area contributed by atoms with Gasteiger partial charge in [-0.25, -0.2) is 8.78 Å². The maximum absolute atomic E-state index is 13.2. The maximum Gasteiger partial charge on any atom is 0.256 e. The topological polar surface area (TPSA) is 46.3 Å². The van der Waals surface area contributed by atoms with Crippen LogP contribution >= 0.6 is 11.6 Å². The molecule has 0 bridgehead atoms. The third-order valence-electron chi connectivity index (χ3n) is 2.98. The van der Waals surface area contributed by atoms with Gasteiger partial charge in [0.25, 0.3) is 5.91 Å². The van der Waals surface area contributed by atoms with Crippen LogP contribution in [0.1, 0.15) is 15.9 Å². The Bertz CT molecular complexity index is 691. The molecule has 1 amide bonds. The van der Waals surface area contributed by atoms with Gasteiger partial charge in [0, 0.05) is 30.4 Å². The summed E-state index contributed by atoms with van der Waals surface area (Å²) in [5.41, 5.74) is 6.22. The highest BCUT2D eigenvalue weighted by Crippen LogP contribution is 2.20. The minimum absolute atomic E-state index is 0.0709. The van der Waals surface area contributed by atoms with Crippen LogP contribution in [0.2, 0.25) is 5.02 Å². The molecule has 2 rings (SSSR count). The average Bonchev–Trinajstić information content (AvgIpc) is 2.42. The van der Waals surface area contributed by atoms with Crippen molar-refractivity contribution in [2.45, 2.75) is 6.54 Å². The average molecular weight is 311 g/mol. The summed E-state index contributed by atoms with van der Waals surface area (Å²) >= 11 is 5.87. The number of carbonyl (C=O) groups excluding carboxylic acids is 1. The first-order valence-electron chi connectivity index (χ1n) is 6.13. The van der Waals surface area contributed by atoms with E-state index in [1.165, 1.54) is 4.90 Å². The Morgan fingerprint density at radius 1 is 1.24 bits per heavy atom. The fourth-order valence-corrected chi connectivity index (χ4v) is 2.15. The Balaban J connectivity index is 2.22. The molecule has 110 valence electrons. The lowest BCUT2D eigenvalue weighted by Gasteiger charge is -2.18. The quantitative estimate of drug-likeness (QED) is 0.882. The number of amides is 1. The van der Waals surface area contributed by atoms with E-state index in [1.54, 1.807) is 25.2 Å². The van der Waals surface area contributed by atoms with Crippen molar-refractivity contribution in [3.63, 3.8) is 0 Å². The van der Waals surface area contributed by atoms with Gasteiger partial charge in [0.15, 0.2) is 11.6 Å². The number of hydrogen-bond donors (Lipinski definition) is 1. The molecule has 0 spiro atoms. The molecular weight excluding hydrogens is 298 g/mol. The second kappa shape index (κ2) is 6.10. The van der Waals surface area contributed by atoms with E-state index in [0.717, 1.165) is 17.7 Å². The smallest absolute Gasteiger partial charge is 0.256 e. The highest BCUT2D eigenvalue weighted by Gasteiger charge is 2.18. The zero-order valence-electron chi connectivity index (χ0n) is 11.2. The second-order valence-corrected chi connectivity index (χ2v) is 5.08. The lowest BCUT2D eigenvalue weighted by atomic mass is 10.1. The molecule has 2 N–H and O–H groups in total. The van der Waals surface area contributed by atoms with Crippen molar-refractivity contribution in [1.82, 2.24) is 4.90 Å². The Labute approximate surface area is 125 Å². The molecule has 0 fully saturated rings. The van der Waals surface area contributed by atoms with Crippen LogP contribution in [0.3, 0.4) is 0 Å². The molecule has 0 aliphatic rings. The van der Waals surface area contributed by atoms with Gasteiger partial charge in [0.2, 0.25) is 0 Å². The number of halogens is 3. The number of nitrogen functional groups attached to an aromatic ring is 1. The van der Waals surface area contributed by atoms with Crippen LogP contribution < -0.4 is 5.73 Å². The van der Waals surface area contributed by atoms with Gasteiger partial charge in [0.1, 0.15) is 0 Å². The minimum atomic E-state index is -1.11. The summed E-state index contributed by atoms with van der Waals surface area (Å²) in [5.74, 6) is -2.68. The Hall–Kier alpha value is -2.14. The molecule has 21 heavy (non-hydrogen) atoms. The zero-order valence-corrected chi connectivity index (χ0v) is 12.0. The van der Waals surface area contributed by atoms with Crippen LogP contribution in [-0.4, -0.2) is 17.9 Å². The molecule has 0 aliphatic carbocycles. The molecule has 0 saturated heterocycles. The van der Waals surface area contributed by atoms with Crippen molar-refractivity contribution < 1.29 is 13.6 Å². The van der Waals surface area contributed by atoms with Crippen LogP contribution in [0, 0.1) is 11.6 Å². The van der Waals surface area contributed by atoms with E-state index in [-0.39, 0.29) is 17.8 Å². The van der Waals surface area contributed by atoms with E-state index in [0.29, 0.717) is 5.02 Å². The first kappa shape index (κ1) is 15.3. The molecule has 0 atom stereocenters. The molecule has 0 aliphatic heterocycles. The van der Waals surface area contributed by atoms with Gasteiger partial charge in [-0.2, -0.15) is 0 Å². The number of carbonyl (C=O) groups is 1. The van der Waals surface area contributed by atoms with Crippen LogP contribution in [0.4, 0.5) is 14.5 Å². The fraction of sp³-hybridized carbons (Fsp3) is 0.133. The lowest BCUT2D eigenvalue weighted by molar-refractivity contribution is 0.0785. The summed E-state index contributed by atoms with van der Waals surface area (Å²) in [6, 6.07) is 8.63. The monoisotopic (exact) mass is 310 g/mol. The van der Waals surface area contributed by atoms with E-state index in [1.807, 2.05) is 6.07 Å². The second-order valence-electron chi connectivity index (χ2n) is 4.64. The van der Waals surface area contributed by atoms with Crippen LogP contribution in [0.5, 0.6) is 0 Å². The Morgan fingerprint density at radius 3 is 2.57 bits per heavy atom. The predicted molar refractivity (Wildman–Crippen MR) is 78.0 cm³/mol. The summed E-state index contributed by atoms with van der Waals surface area (Å²) in [7, 11) is 1.55. The van der Waals surface area contributed by atoms with Crippen molar-refractivity contribution >= 4 is 23.2 Å². The van der Waals surface area contributed by atoms with Gasteiger partial charge in [-0.05, 0) is 23.8 Å². The first-order chi connectivity index (χ1) is 9.88. The minimum Gasteiger partial charge on any atom is -0.398 e. The van der Waals surface area contributed by atoms with Crippen molar-refractivity contribution in [3.05, 3.63) is 64.2 Å². The van der Waals surface area contributed by atoms with E-state index < -0.39 is 17.5 Å².